The molecule has 4 heteroatoms. The number of aromatic nitrogens is 1. The van der Waals surface area contributed by atoms with Gasteiger partial charge >= 0.3 is 5.97 Å². The Hall–Kier alpha value is -1.42. The molecule has 1 aromatic rings. The molecule has 0 amide bonds. The van der Waals surface area contributed by atoms with Gasteiger partial charge in [0.15, 0.2) is 0 Å². The highest BCUT2D eigenvalue weighted by Gasteiger charge is 2.25. The molecular weight excluding hydrogens is 192 g/mol. The summed E-state index contributed by atoms with van der Waals surface area (Å²) < 4.78 is 4.86. The van der Waals surface area contributed by atoms with E-state index in [0.717, 1.165) is 5.56 Å². The van der Waals surface area contributed by atoms with Gasteiger partial charge in [-0.2, -0.15) is 0 Å². The molecule has 4 nitrogen and oxygen atoms in total. The van der Waals surface area contributed by atoms with E-state index in [4.69, 9.17) is 10.5 Å². The molecule has 1 unspecified atom stereocenters. The summed E-state index contributed by atoms with van der Waals surface area (Å²) in [6, 6.07) is 3.61. The molecule has 0 aromatic carbocycles. The van der Waals surface area contributed by atoms with Crippen molar-refractivity contribution in [2.24, 2.45) is 5.73 Å². The Kier molecular flexibility index (Phi) is 3.80. The van der Waals surface area contributed by atoms with E-state index < -0.39 is 5.54 Å². The van der Waals surface area contributed by atoms with Crippen LogP contribution in [-0.4, -0.2) is 17.6 Å². The lowest BCUT2D eigenvalue weighted by Gasteiger charge is -2.23. The van der Waals surface area contributed by atoms with Crippen molar-refractivity contribution in [3.63, 3.8) is 0 Å². The zero-order valence-corrected chi connectivity index (χ0v) is 9.06. The first-order valence-corrected chi connectivity index (χ1v) is 4.91. The minimum Gasteiger partial charge on any atom is -0.466 e. The first-order chi connectivity index (χ1) is 7.06. The number of ether oxygens (including phenoxy) is 1. The Morgan fingerprint density at radius 3 is 2.67 bits per heavy atom. The van der Waals surface area contributed by atoms with Gasteiger partial charge in [0.1, 0.15) is 0 Å². The highest BCUT2D eigenvalue weighted by atomic mass is 16.5. The maximum Gasteiger partial charge on any atom is 0.307 e. The van der Waals surface area contributed by atoms with E-state index in [0.29, 0.717) is 6.61 Å². The molecule has 0 fully saturated rings. The van der Waals surface area contributed by atoms with Crippen LogP contribution in [0.4, 0.5) is 0 Å². The predicted octanol–water partition coefficient (Wildman–Crippen LogP) is 1.21. The van der Waals surface area contributed by atoms with Gasteiger partial charge in [-0.05, 0) is 31.5 Å². The van der Waals surface area contributed by atoms with Gasteiger partial charge < -0.3 is 10.5 Å². The minimum atomic E-state index is -0.699. The largest absolute Gasteiger partial charge is 0.466 e. The van der Waals surface area contributed by atoms with Crippen LogP contribution in [0.15, 0.2) is 24.5 Å². The zero-order chi connectivity index (χ0) is 11.3. The van der Waals surface area contributed by atoms with E-state index in [2.05, 4.69) is 4.98 Å². The number of carbonyl (C=O) groups is 1. The summed E-state index contributed by atoms with van der Waals surface area (Å²) in [4.78, 5) is 15.2. The third kappa shape index (κ3) is 3.32. The molecule has 1 rings (SSSR count). The highest BCUT2D eigenvalue weighted by molar-refractivity contribution is 5.71. The van der Waals surface area contributed by atoms with Crippen LogP contribution in [0.2, 0.25) is 0 Å². The molecule has 0 aliphatic heterocycles. The number of pyridine rings is 1. The fraction of sp³-hybridized carbons (Fsp3) is 0.455. The van der Waals surface area contributed by atoms with Gasteiger partial charge in [0.2, 0.25) is 0 Å². The van der Waals surface area contributed by atoms with E-state index in [-0.39, 0.29) is 12.4 Å². The van der Waals surface area contributed by atoms with Gasteiger partial charge in [-0.3, -0.25) is 9.78 Å². The molecule has 0 bridgehead atoms. The molecule has 0 spiro atoms. The standard InChI is InChI=1S/C11H16N2O2/c1-3-15-10(14)8-11(2,12)9-4-6-13-7-5-9/h4-7H,3,8,12H2,1-2H3. The number of nitrogens with zero attached hydrogens (tertiary/aromatic N) is 1. The van der Waals surface area contributed by atoms with Crippen molar-refractivity contribution in [1.82, 2.24) is 4.98 Å². The van der Waals surface area contributed by atoms with Crippen LogP contribution in [0.1, 0.15) is 25.8 Å². The van der Waals surface area contributed by atoms with Crippen LogP contribution in [0.5, 0.6) is 0 Å². The van der Waals surface area contributed by atoms with Crippen molar-refractivity contribution in [3.8, 4) is 0 Å². The number of rotatable bonds is 4. The van der Waals surface area contributed by atoms with Crippen LogP contribution < -0.4 is 5.73 Å². The Balaban J connectivity index is 2.71. The minimum absolute atomic E-state index is 0.171. The maximum absolute atomic E-state index is 11.3. The Morgan fingerprint density at radius 2 is 2.13 bits per heavy atom. The van der Waals surface area contributed by atoms with Crippen molar-refractivity contribution < 1.29 is 9.53 Å². The Bertz CT molecular complexity index is 323. The molecular formula is C11H16N2O2. The first kappa shape index (κ1) is 11.7. The summed E-state index contributed by atoms with van der Waals surface area (Å²) in [7, 11) is 0. The molecule has 0 aliphatic rings. The van der Waals surface area contributed by atoms with Crippen LogP contribution in [0.3, 0.4) is 0 Å². The quantitative estimate of drug-likeness (QED) is 0.755. The number of hydrogen-bond acceptors (Lipinski definition) is 4. The monoisotopic (exact) mass is 208 g/mol. The number of carbonyl (C=O) groups excluding carboxylic acids is 1. The summed E-state index contributed by atoms with van der Waals surface area (Å²) in [5.74, 6) is -0.278. The lowest BCUT2D eigenvalue weighted by atomic mass is 9.91. The van der Waals surface area contributed by atoms with Crippen molar-refractivity contribution in [2.45, 2.75) is 25.8 Å². The number of nitrogens with two attached hydrogens (primary N) is 1. The predicted molar refractivity (Wildman–Crippen MR) is 57.0 cm³/mol. The second kappa shape index (κ2) is 4.89. The summed E-state index contributed by atoms with van der Waals surface area (Å²) in [6.07, 6.45) is 3.49. The van der Waals surface area contributed by atoms with Gasteiger partial charge in [-0.15, -0.1) is 0 Å². The molecule has 15 heavy (non-hydrogen) atoms. The van der Waals surface area contributed by atoms with Crippen molar-refractivity contribution >= 4 is 5.97 Å². The van der Waals surface area contributed by atoms with Gasteiger partial charge in [0.25, 0.3) is 0 Å². The van der Waals surface area contributed by atoms with E-state index in [1.54, 1.807) is 38.4 Å². The fourth-order valence-electron chi connectivity index (χ4n) is 1.35. The molecule has 2 N–H and O–H groups in total. The lowest BCUT2D eigenvalue weighted by molar-refractivity contribution is -0.144. The van der Waals surface area contributed by atoms with Gasteiger partial charge in [-0.1, -0.05) is 0 Å². The summed E-state index contributed by atoms with van der Waals surface area (Å²) in [5, 5.41) is 0. The molecule has 82 valence electrons. The van der Waals surface area contributed by atoms with Gasteiger partial charge in [0, 0.05) is 17.9 Å². The first-order valence-electron chi connectivity index (χ1n) is 4.91. The number of hydrogen-bond donors (Lipinski definition) is 1. The van der Waals surface area contributed by atoms with Crippen LogP contribution in [-0.2, 0) is 15.1 Å². The van der Waals surface area contributed by atoms with E-state index >= 15 is 0 Å². The Labute approximate surface area is 89.5 Å². The number of esters is 1. The molecule has 0 saturated heterocycles. The SMILES string of the molecule is CCOC(=O)CC(C)(N)c1ccncc1. The average Bonchev–Trinajstić information content (AvgIpc) is 2.18. The Morgan fingerprint density at radius 1 is 1.53 bits per heavy atom. The van der Waals surface area contributed by atoms with Crippen molar-refractivity contribution in [1.29, 1.82) is 0 Å². The van der Waals surface area contributed by atoms with Crippen LogP contribution in [0, 0.1) is 0 Å². The third-order valence-electron chi connectivity index (χ3n) is 2.16. The molecule has 0 aliphatic carbocycles. The van der Waals surface area contributed by atoms with Crippen LogP contribution >= 0.6 is 0 Å². The molecule has 1 heterocycles. The lowest BCUT2D eigenvalue weighted by Crippen LogP contribution is -2.36. The maximum atomic E-state index is 11.3. The third-order valence-corrected chi connectivity index (χ3v) is 2.16. The van der Waals surface area contributed by atoms with Crippen molar-refractivity contribution in [2.75, 3.05) is 6.61 Å². The second-order valence-electron chi connectivity index (χ2n) is 3.64. The van der Waals surface area contributed by atoms with Gasteiger partial charge in [0.05, 0.1) is 13.0 Å². The molecule has 0 saturated carbocycles. The van der Waals surface area contributed by atoms with Crippen molar-refractivity contribution in [3.05, 3.63) is 30.1 Å². The molecule has 0 radical (unpaired) electrons. The average molecular weight is 208 g/mol. The molecule has 1 atom stereocenters. The van der Waals surface area contributed by atoms with E-state index in [1.165, 1.54) is 0 Å². The van der Waals surface area contributed by atoms with Gasteiger partial charge in [-0.25, -0.2) is 0 Å². The topological polar surface area (TPSA) is 65.2 Å². The smallest absolute Gasteiger partial charge is 0.307 e. The molecule has 1 aromatic heterocycles. The zero-order valence-electron chi connectivity index (χ0n) is 9.06. The second-order valence-corrected chi connectivity index (χ2v) is 3.64. The van der Waals surface area contributed by atoms with E-state index in [9.17, 15) is 4.79 Å². The van der Waals surface area contributed by atoms with E-state index in [1.807, 2.05) is 0 Å². The normalized spacial score (nSPS) is 14.3. The summed E-state index contributed by atoms with van der Waals surface area (Å²) in [6.45, 7) is 3.96. The van der Waals surface area contributed by atoms with Crippen LogP contribution in [0.25, 0.3) is 0 Å². The summed E-state index contributed by atoms with van der Waals surface area (Å²) >= 11 is 0. The summed E-state index contributed by atoms with van der Waals surface area (Å²) in [5.41, 5.74) is 6.22. The highest BCUT2D eigenvalue weighted by Crippen LogP contribution is 2.21. The fourth-order valence-corrected chi connectivity index (χ4v) is 1.35.